The summed E-state index contributed by atoms with van der Waals surface area (Å²) in [4.78, 5) is 27.6. The number of rotatable bonds is 1. The van der Waals surface area contributed by atoms with E-state index in [-0.39, 0.29) is 11.9 Å². The molecular weight excluding hydrogens is 218 g/mol. The maximum atomic E-state index is 11.7. The largest absolute Gasteiger partial charge is 0.356 e. The van der Waals surface area contributed by atoms with Gasteiger partial charge in [-0.3, -0.25) is 10.1 Å². The van der Waals surface area contributed by atoms with Gasteiger partial charge < -0.3 is 9.88 Å². The molecule has 3 amide bonds. The fourth-order valence-corrected chi connectivity index (χ4v) is 2.15. The van der Waals surface area contributed by atoms with Gasteiger partial charge >= 0.3 is 6.03 Å². The van der Waals surface area contributed by atoms with Gasteiger partial charge in [-0.05, 0) is 17.5 Å². The highest BCUT2D eigenvalue weighted by Crippen LogP contribution is 2.26. The number of hydrogen-bond donors (Lipinski definition) is 2. The normalized spacial score (nSPS) is 20.1. The lowest BCUT2D eigenvalue weighted by molar-refractivity contribution is -0.121. The van der Waals surface area contributed by atoms with Crippen LogP contribution in [0.25, 0.3) is 10.9 Å². The fraction of sp³-hybridized carbons (Fsp3) is 0.167. The molecular formula is C12H11N3O2. The van der Waals surface area contributed by atoms with Gasteiger partial charge in [0, 0.05) is 18.3 Å². The number of fused-ring (bicyclic) bond motifs is 1. The summed E-state index contributed by atoms with van der Waals surface area (Å²) in [5, 5.41) is 3.32. The maximum absolute atomic E-state index is 11.7. The first-order chi connectivity index (χ1) is 8.16. The topological polar surface area (TPSA) is 65.2 Å². The molecule has 3 rings (SSSR count). The lowest BCUT2D eigenvalue weighted by atomic mass is 10.2. The third-order valence-electron chi connectivity index (χ3n) is 3.03. The standard InChI is InChI=1S/C12H11N3O2/c1-15-10(11(16)14-12(15)17)9-6-7-4-2-3-5-8(7)13-9/h2-6,10,13H,1H3,(H,14,16,17). The number of hydrogen-bond acceptors (Lipinski definition) is 2. The Morgan fingerprint density at radius 1 is 1.24 bits per heavy atom. The number of nitrogens with one attached hydrogen (secondary N) is 2. The predicted molar refractivity (Wildman–Crippen MR) is 62.3 cm³/mol. The Bertz CT molecular complexity index is 584. The number of H-pyrrole nitrogens is 1. The smallest absolute Gasteiger partial charge is 0.324 e. The Morgan fingerprint density at radius 2 is 2.00 bits per heavy atom. The van der Waals surface area contributed by atoms with Crippen molar-refractivity contribution in [3.05, 3.63) is 36.0 Å². The van der Waals surface area contributed by atoms with Crippen LogP contribution in [0.3, 0.4) is 0 Å². The van der Waals surface area contributed by atoms with E-state index in [9.17, 15) is 9.59 Å². The maximum Gasteiger partial charge on any atom is 0.324 e. The summed E-state index contributed by atoms with van der Waals surface area (Å²) in [6.45, 7) is 0. The lowest BCUT2D eigenvalue weighted by Crippen LogP contribution is -2.25. The van der Waals surface area contributed by atoms with E-state index in [1.807, 2.05) is 30.3 Å². The van der Waals surface area contributed by atoms with E-state index in [1.54, 1.807) is 7.05 Å². The van der Waals surface area contributed by atoms with Gasteiger partial charge in [0.2, 0.25) is 0 Å². The zero-order valence-electron chi connectivity index (χ0n) is 9.23. The number of amides is 3. The molecule has 1 aliphatic rings. The van der Waals surface area contributed by atoms with Crippen LogP contribution in [0.2, 0.25) is 0 Å². The van der Waals surface area contributed by atoms with Crippen molar-refractivity contribution in [2.45, 2.75) is 6.04 Å². The van der Waals surface area contributed by atoms with E-state index in [2.05, 4.69) is 10.3 Å². The Morgan fingerprint density at radius 3 is 2.65 bits per heavy atom. The average Bonchev–Trinajstić information content (AvgIpc) is 2.81. The van der Waals surface area contributed by atoms with E-state index in [4.69, 9.17) is 0 Å². The number of nitrogens with zero attached hydrogens (tertiary/aromatic N) is 1. The lowest BCUT2D eigenvalue weighted by Gasteiger charge is -2.14. The second kappa shape index (κ2) is 3.35. The number of likely N-dealkylation sites (N-methyl/N-ethyl adjacent to an activating group) is 1. The van der Waals surface area contributed by atoms with Crippen LogP contribution in [0.1, 0.15) is 11.7 Å². The van der Waals surface area contributed by atoms with Gasteiger partial charge in [-0.25, -0.2) is 4.79 Å². The summed E-state index contributed by atoms with van der Waals surface area (Å²) < 4.78 is 0. The Labute approximate surface area is 97.4 Å². The molecule has 86 valence electrons. The zero-order chi connectivity index (χ0) is 12.0. The molecule has 2 heterocycles. The molecule has 0 saturated carbocycles. The van der Waals surface area contributed by atoms with Crippen LogP contribution in [0, 0.1) is 0 Å². The Balaban J connectivity index is 2.09. The van der Waals surface area contributed by atoms with Gasteiger partial charge in [0.15, 0.2) is 6.04 Å². The minimum absolute atomic E-state index is 0.288. The highest BCUT2D eigenvalue weighted by Gasteiger charge is 2.37. The van der Waals surface area contributed by atoms with Crippen molar-refractivity contribution in [1.29, 1.82) is 0 Å². The van der Waals surface area contributed by atoms with E-state index in [1.165, 1.54) is 4.90 Å². The summed E-state index contributed by atoms with van der Waals surface area (Å²) in [5.74, 6) is -0.288. The van der Waals surface area contributed by atoms with Crippen molar-refractivity contribution in [2.24, 2.45) is 0 Å². The van der Waals surface area contributed by atoms with E-state index >= 15 is 0 Å². The van der Waals surface area contributed by atoms with Crippen molar-refractivity contribution in [3.8, 4) is 0 Å². The van der Waals surface area contributed by atoms with Crippen LogP contribution >= 0.6 is 0 Å². The van der Waals surface area contributed by atoms with Gasteiger partial charge in [-0.15, -0.1) is 0 Å². The van der Waals surface area contributed by atoms with Crippen LogP contribution in [-0.4, -0.2) is 28.9 Å². The van der Waals surface area contributed by atoms with Crippen LogP contribution in [0.5, 0.6) is 0 Å². The molecule has 1 unspecified atom stereocenters. The molecule has 0 aliphatic carbocycles. The SMILES string of the molecule is CN1C(=O)NC(=O)C1c1cc2ccccc2[nH]1. The molecule has 1 saturated heterocycles. The van der Waals surface area contributed by atoms with Crippen LogP contribution in [0.4, 0.5) is 4.79 Å². The highest BCUT2D eigenvalue weighted by molar-refractivity contribution is 6.04. The average molecular weight is 229 g/mol. The summed E-state index contributed by atoms with van der Waals surface area (Å²) in [5.41, 5.74) is 1.69. The molecule has 1 fully saturated rings. The first-order valence-corrected chi connectivity index (χ1v) is 5.32. The molecule has 17 heavy (non-hydrogen) atoms. The molecule has 1 aliphatic heterocycles. The highest BCUT2D eigenvalue weighted by atomic mass is 16.2. The molecule has 0 spiro atoms. The third kappa shape index (κ3) is 1.39. The number of aromatic nitrogens is 1. The van der Waals surface area contributed by atoms with E-state index < -0.39 is 6.04 Å². The monoisotopic (exact) mass is 229 g/mol. The molecule has 2 aromatic rings. The van der Waals surface area contributed by atoms with Gasteiger partial charge in [0.05, 0.1) is 0 Å². The van der Waals surface area contributed by atoms with E-state index in [0.717, 1.165) is 16.6 Å². The number of aromatic amines is 1. The second-order valence-corrected chi connectivity index (χ2v) is 4.12. The van der Waals surface area contributed by atoms with Gasteiger partial charge in [-0.2, -0.15) is 0 Å². The fourth-order valence-electron chi connectivity index (χ4n) is 2.15. The number of para-hydroxylation sites is 1. The van der Waals surface area contributed by atoms with Crippen molar-refractivity contribution in [2.75, 3.05) is 7.05 Å². The zero-order valence-corrected chi connectivity index (χ0v) is 9.23. The van der Waals surface area contributed by atoms with E-state index in [0.29, 0.717) is 0 Å². The summed E-state index contributed by atoms with van der Waals surface area (Å²) in [6, 6.07) is 8.73. The van der Waals surface area contributed by atoms with Crippen molar-refractivity contribution < 1.29 is 9.59 Å². The summed E-state index contributed by atoms with van der Waals surface area (Å²) in [7, 11) is 1.61. The Hall–Kier alpha value is -2.30. The number of urea groups is 1. The van der Waals surface area contributed by atoms with Crippen LogP contribution in [-0.2, 0) is 4.79 Å². The third-order valence-corrected chi connectivity index (χ3v) is 3.03. The van der Waals surface area contributed by atoms with Gasteiger partial charge in [0.1, 0.15) is 0 Å². The Kier molecular flexibility index (Phi) is 1.95. The van der Waals surface area contributed by atoms with Crippen molar-refractivity contribution in [3.63, 3.8) is 0 Å². The quantitative estimate of drug-likeness (QED) is 0.726. The minimum Gasteiger partial charge on any atom is -0.356 e. The molecule has 1 aromatic heterocycles. The van der Waals surface area contributed by atoms with Crippen molar-refractivity contribution >= 4 is 22.8 Å². The number of carbonyl (C=O) groups excluding carboxylic acids is 2. The number of carbonyl (C=O) groups is 2. The molecule has 5 nitrogen and oxygen atoms in total. The number of imide groups is 1. The summed E-state index contributed by atoms with van der Waals surface area (Å²) >= 11 is 0. The molecule has 5 heteroatoms. The molecule has 1 atom stereocenters. The van der Waals surface area contributed by atoms with Gasteiger partial charge in [0.25, 0.3) is 5.91 Å². The minimum atomic E-state index is -0.560. The molecule has 1 aromatic carbocycles. The van der Waals surface area contributed by atoms with Crippen LogP contribution < -0.4 is 5.32 Å². The van der Waals surface area contributed by atoms with Crippen molar-refractivity contribution in [1.82, 2.24) is 15.2 Å². The first-order valence-electron chi connectivity index (χ1n) is 5.32. The van der Waals surface area contributed by atoms with Gasteiger partial charge in [-0.1, -0.05) is 18.2 Å². The summed E-state index contributed by atoms with van der Waals surface area (Å²) in [6.07, 6.45) is 0. The molecule has 0 radical (unpaired) electrons. The second-order valence-electron chi connectivity index (χ2n) is 4.12. The predicted octanol–water partition coefficient (Wildman–Crippen LogP) is 1.39. The van der Waals surface area contributed by atoms with Crippen LogP contribution in [0.15, 0.2) is 30.3 Å². The first kappa shape index (κ1) is 9.89. The molecule has 2 N–H and O–H groups in total. The molecule has 0 bridgehead atoms. The number of benzene rings is 1.